The molecule has 274 valence electrons. The highest BCUT2D eigenvalue weighted by atomic mass is 16.7. The smallest absolute Gasteiger partial charge is 0.410 e. The highest BCUT2D eigenvalue weighted by Crippen LogP contribution is 2.37. The van der Waals surface area contributed by atoms with E-state index in [0.29, 0.717) is 32.5 Å². The van der Waals surface area contributed by atoms with Gasteiger partial charge in [0, 0.05) is 37.4 Å². The van der Waals surface area contributed by atoms with E-state index in [0.717, 1.165) is 17.5 Å². The van der Waals surface area contributed by atoms with Gasteiger partial charge in [0.2, 0.25) is 0 Å². The predicted molar refractivity (Wildman–Crippen MR) is 184 cm³/mol. The molecule has 0 saturated carbocycles. The lowest BCUT2D eigenvalue weighted by Crippen LogP contribution is -2.58. The molecule has 4 unspecified atom stereocenters. The summed E-state index contributed by atoms with van der Waals surface area (Å²) in [7, 11) is 0. The maximum atomic E-state index is 13.1. The Labute approximate surface area is 294 Å². The van der Waals surface area contributed by atoms with Crippen LogP contribution in [0.2, 0.25) is 0 Å². The molecule has 0 bridgehead atoms. The number of unbranched alkanes of at least 4 members (excludes halogenated alkanes) is 2. The molecule has 13 heteroatoms. The number of hydrogen-bond donors (Lipinski definition) is 1. The van der Waals surface area contributed by atoms with E-state index >= 15 is 0 Å². The molecule has 2 aromatic rings. The van der Waals surface area contributed by atoms with Crippen LogP contribution in [0.15, 0.2) is 65.8 Å². The Morgan fingerprint density at radius 1 is 0.880 bits per heavy atom. The monoisotopic (exact) mass is 696 g/mol. The largest absolute Gasteiger partial charge is 0.463 e. The summed E-state index contributed by atoms with van der Waals surface area (Å²) in [6.07, 6.45) is -2.22. The number of carbonyl (C=O) groups is 2. The van der Waals surface area contributed by atoms with Crippen LogP contribution in [0.4, 0.5) is 4.79 Å². The molecule has 50 heavy (non-hydrogen) atoms. The number of esters is 1. The summed E-state index contributed by atoms with van der Waals surface area (Å²) in [5.74, 6) is -1.06. The lowest BCUT2D eigenvalue weighted by atomic mass is 9.84. The second-order valence-corrected chi connectivity index (χ2v) is 13.3. The van der Waals surface area contributed by atoms with Gasteiger partial charge in [-0.3, -0.25) is 4.79 Å². The van der Waals surface area contributed by atoms with E-state index in [1.54, 1.807) is 11.8 Å². The van der Waals surface area contributed by atoms with Crippen LogP contribution in [0, 0.1) is 17.8 Å². The molecular formula is C37H52N4O9. The number of amides is 1. The van der Waals surface area contributed by atoms with Crippen LogP contribution in [0.25, 0.3) is 10.4 Å². The van der Waals surface area contributed by atoms with Gasteiger partial charge < -0.3 is 38.4 Å². The number of hydrogen-bond acceptors (Lipinski definition) is 10. The number of aliphatic hydroxyl groups excluding tert-OH is 1. The standard InChI is InChI=1S/C37H52N4O9/c1-24-25(2)35(48-27(4)33(24)43)50-34-26(3)32(39-40-38)36(49-31(34)23-46-28(5)42)45-20-14-8-13-19-41(21-29-15-9-6-10-16-29)37(44)47-22-30-17-11-7-12-18-30/h6-7,9-12,15-18,24-27,31-36,43H,8,13-14,19-23H2,1-5H3/t24-,25?,26-,27?,31?,32?,33+,34+,35+,36+/m1/s1. The van der Waals surface area contributed by atoms with Crippen LogP contribution in [-0.4, -0.2) is 84.9 Å². The molecule has 2 fully saturated rings. The minimum Gasteiger partial charge on any atom is -0.463 e. The number of aliphatic hydroxyl groups is 1. The van der Waals surface area contributed by atoms with E-state index in [-0.39, 0.29) is 37.1 Å². The van der Waals surface area contributed by atoms with Crippen molar-refractivity contribution in [2.75, 3.05) is 19.8 Å². The van der Waals surface area contributed by atoms with Gasteiger partial charge in [-0.05, 0) is 54.7 Å². The molecule has 1 amide bonds. The quantitative estimate of drug-likeness (QED) is 0.0690. The first kappa shape index (κ1) is 39.1. The Hall–Kier alpha value is -3.71. The molecule has 0 radical (unpaired) electrons. The van der Waals surface area contributed by atoms with E-state index in [9.17, 15) is 20.2 Å². The maximum absolute atomic E-state index is 13.1. The van der Waals surface area contributed by atoms with Crippen molar-refractivity contribution >= 4 is 12.1 Å². The lowest BCUT2D eigenvalue weighted by molar-refractivity contribution is -0.321. The predicted octanol–water partition coefficient (Wildman–Crippen LogP) is 6.38. The van der Waals surface area contributed by atoms with Crippen LogP contribution >= 0.6 is 0 Å². The van der Waals surface area contributed by atoms with E-state index in [2.05, 4.69) is 10.0 Å². The van der Waals surface area contributed by atoms with Crippen LogP contribution in [0.3, 0.4) is 0 Å². The molecule has 2 heterocycles. The van der Waals surface area contributed by atoms with Gasteiger partial charge in [0.15, 0.2) is 12.6 Å². The highest BCUT2D eigenvalue weighted by molar-refractivity contribution is 5.67. The first-order valence-corrected chi connectivity index (χ1v) is 17.5. The maximum Gasteiger partial charge on any atom is 0.410 e. The number of nitrogens with zero attached hydrogens (tertiary/aromatic N) is 4. The fourth-order valence-corrected chi connectivity index (χ4v) is 6.36. The van der Waals surface area contributed by atoms with Gasteiger partial charge in [0.05, 0.1) is 24.4 Å². The Balaban J connectivity index is 1.33. The zero-order valence-electron chi connectivity index (χ0n) is 29.7. The van der Waals surface area contributed by atoms with E-state index in [1.165, 1.54) is 6.92 Å². The molecule has 2 aromatic carbocycles. The normalized spacial score (nSPS) is 29.4. The first-order chi connectivity index (χ1) is 24.1. The second-order valence-electron chi connectivity index (χ2n) is 13.3. The van der Waals surface area contributed by atoms with Gasteiger partial charge in [0.1, 0.15) is 19.3 Å². The van der Waals surface area contributed by atoms with Crippen molar-refractivity contribution in [3.05, 3.63) is 82.2 Å². The summed E-state index contributed by atoms with van der Waals surface area (Å²) in [6.45, 7) is 10.3. The summed E-state index contributed by atoms with van der Waals surface area (Å²) in [5.41, 5.74) is 11.4. The fourth-order valence-electron chi connectivity index (χ4n) is 6.36. The van der Waals surface area contributed by atoms with Gasteiger partial charge in [-0.1, -0.05) is 86.5 Å². The molecule has 10 atom stereocenters. The number of carbonyl (C=O) groups excluding carboxylic acids is 2. The van der Waals surface area contributed by atoms with Crippen molar-refractivity contribution in [3.63, 3.8) is 0 Å². The van der Waals surface area contributed by atoms with Crippen molar-refractivity contribution in [3.8, 4) is 0 Å². The third-order valence-electron chi connectivity index (χ3n) is 9.60. The van der Waals surface area contributed by atoms with Crippen molar-refractivity contribution in [2.45, 2.75) is 110 Å². The molecule has 1 N–H and O–H groups in total. The topological polar surface area (TPSA) is 162 Å². The van der Waals surface area contributed by atoms with Crippen molar-refractivity contribution in [1.82, 2.24) is 4.90 Å². The second kappa shape index (κ2) is 19.6. The molecule has 2 aliphatic heterocycles. The molecule has 4 rings (SSSR count). The number of ether oxygens (including phenoxy) is 6. The third kappa shape index (κ3) is 11.1. The molecule has 2 saturated heterocycles. The average Bonchev–Trinajstić information content (AvgIpc) is 3.11. The summed E-state index contributed by atoms with van der Waals surface area (Å²) in [5, 5.41) is 14.5. The van der Waals surface area contributed by atoms with Gasteiger partial charge in [0.25, 0.3) is 0 Å². The molecular weight excluding hydrogens is 644 g/mol. The van der Waals surface area contributed by atoms with Gasteiger partial charge >= 0.3 is 12.1 Å². The van der Waals surface area contributed by atoms with Crippen molar-refractivity contribution in [2.24, 2.45) is 22.9 Å². The third-order valence-corrected chi connectivity index (χ3v) is 9.60. The molecule has 0 aliphatic carbocycles. The van der Waals surface area contributed by atoms with Gasteiger partial charge in [-0.25, -0.2) is 4.79 Å². The van der Waals surface area contributed by atoms with Crippen LogP contribution in [0.1, 0.15) is 65.0 Å². The van der Waals surface area contributed by atoms with Gasteiger partial charge in [-0.2, -0.15) is 0 Å². The van der Waals surface area contributed by atoms with Crippen LogP contribution < -0.4 is 0 Å². The summed E-state index contributed by atoms with van der Waals surface area (Å²) < 4.78 is 35.9. The van der Waals surface area contributed by atoms with E-state index in [4.69, 9.17) is 28.4 Å². The number of azide groups is 1. The summed E-state index contributed by atoms with van der Waals surface area (Å²) >= 11 is 0. The Morgan fingerprint density at radius 2 is 1.56 bits per heavy atom. The van der Waals surface area contributed by atoms with Crippen LogP contribution in [0.5, 0.6) is 0 Å². The zero-order valence-corrected chi connectivity index (χ0v) is 29.7. The Morgan fingerprint density at radius 3 is 2.22 bits per heavy atom. The summed E-state index contributed by atoms with van der Waals surface area (Å²) in [4.78, 5) is 29.6. The van der Waals surface area contributed by atoms with Gasteiger partial charge in [-0.15, -0.1) is 0 Å². The van der Waals surface area contributed by atoms with Crippen LogP contribution in [-0.2, 0) is 46.4 Å². The SMILES string of the molecule is CC(=O)OCC1O[C@H](OCCCCCN(Cc2ccccc2)C(=O)OCc2ccccc2)C(N=[N+]=[N-])[C@@H](C)[C@@H]1O[C@@H]1OC(C)[C@@H](O)[C@H](C)C1C. The number of benzene rings is 2. The average molecular weight is 697 g/mol. The fraction of sp³-hybridized carbons (Fsp3) is 0.622. The first-order valence-electron chi connectivity index (χ1n) is 17.5. The molecule has 2 aliphatic rings. The minimum atomic E-state index is -0.895. The minimum absolute atomic E-state index is 0.0788. The van der Waals surface area contributed by atoms with Crippen molar-refractivity contribution in [1.29, 1.82) is 0 Å². The Bertz CT molecular complexity index is 1380. The Kier molecular flexibility index (Phi) is 15.3. The number of rotatable bonds is 16. The molecule has 0 spiro atoms. The highest BCUT2D eigenvalue weighted by Gasteiger charge is 2.48. The summed E-state index contributed by atoms with van der Waals surface area (Å²) in [6, 6.07) is 18.6. The van der Waals surface area contributed by atoms with E-state index in [1.807, 2.05) is 81.4 Å². The van der Waals surface area contributed by atoms with Crippen molar-refractivity contribution < 1.29 is 43.1 Å². The van der Waals surface area contributed by atoms with E-state index < -0.39 is 49.0 Å². The molecule has 0 aromatic heterocycles. The zero-order chi connectivity index (χ0) is 36.0. The lowest BCUT2D eigenvalue weighted by Gasteiger charge is -2.47. The molecule has 13 nitrogen and oxygen atoms in total.